The van der Waals surface area contributed by atoms with E-state index in [2.05, 4.69) is 24.8 Å². The van der Waals surface area contributed by atoms with Gasteiger partial charge in [-0.3, -0.25) is 9.79 Å². The number of aromatic nitrogens is 3. The number of fused-ring (bicyclic) bond motifs is 1. The lowest BCUT2D eigenvalue weighted by Crippen LogP contribution is -2.21. The van der Waals surface area contributed by atoms with E-state index in [0.29, 0.717) is 30.7 Å². The van der Waals surface area contributed by atoms with Gasteiger partial charge in [-0.15, -0.1) is 0 Å². The number of nitrogens with one attached hydrogen (secondary N) is 1. The van der Waals surface area contributed by atoms with Crippen LogP contribution in [-0.2, 0) is 16.1 Å². The lowest BCUT2D eigenvalue weighted by molar-refractivity contribution is -0.142. The molecule has 2 aromatic rings. The van der Waals surface area contributed by atoms with E-state index in [1.54, 1.807) is 19.3 Å². The zero-order valence-corrected chi connectivity index (χ0v) is 17.3. The van der Waals surface area contributed by atoms with Crippen LogP contribution in [0.2, 0.25) is 0 Å². The Morgan fingerprint density at radius 3 is 2.97 bits per heavy atom. The standard InChI is InChI=1S/C21H30N6O3/c1-2-30-19(29)7-9-23-13-17(11-22)25-21-24-12-16-8-10-27(20(16)26-21)14-15-3-5-18(28)6-4-15/h8,10-13,15,18,28H,2-7,9,14,22H2,1H3,(H,24,25,26). The Morgan fingerprint density at radius 1 is 1.43 bits per heavy atom. The van der Waals surface area contributed by atoms with Gasteiger partial charge in [0.1, 0.15) is 5.65 Å². The molecule has 1 fully saturated rings. The number of rotatable bonds is 9. The van der Waals surface area contributed by atoms with E-state index >= 15 is 0 Å². The van der Waals surface area contributed by atoms with Gasteiger partial charge < -0.3 is 25.5 Å². The van der Waals surface area contributed by atoms with Gasteiger partial charge in [-0.1, -0.05) is 0 Å². The minimum atomic E-state index is -0.275. The van der Waals surface area contributed by atoms with E-state index in [0.717, 1.165) is 43.3 Å². The molecule has 1 aliphatic carbocycles. The maximum absolute atomic E-state index is 11.4. The molecule has 3 rings (SSSR count). The molecular formula is C21H30N6O3. The molecule has 1 saturated carbocycles. The highest BCUT2D eigenvalue weighted by Crippen LogP contribution is 2.27. The number of ether oxygens (including phenoxy) is 1. The first kappa shape index (κ1) is 21.8. The number of aliphatic hydroxyl groups excluding tert-OH is 1. The van der Waals surface area contributed by atoms with Crippen molar-refractivity contribution in [2.45, 2.75) is 51.7 Å². The third-order valence-electron chi connectivity index (χ3n) is 5.19. The highest BCUT2D eigenvalue weighted by molar-refractivity contribution is 5.83. The van der Waals surface area contributed by atoms with E-state index < -0.39 is 0 Å². The summed E-state index contributed by atoms with van der Waals surface area (Å²) in [6.45, 7) is 3.33. The Bertz CT molecular complexity index is 899. The quantitative estimate of drug-likeness (QED) is 0.424. The number of hydrogen-bond donors (Lipinski definition) is 3. The summed E-state index contributed by atoms with van der Waals surface area (Å²) in [4.78, 5) is 24.5. The third kappa shape index (κ3) is 6.03. The summed E-state index contributed by atoms with van der Waals surface area (Å²) in [6.07, 6.45) is 10.6. The average molecular weight is 415 g/mol. The number of nitrogens with two attached hydrogens (primary N) is 1. The second kappa shape index (κ2) is 10.7. The number of allylic oxidation sites excluding steroid dienone is 1. The molecule has 1 aliphatic rings. The molecule has 9 heteroatoms. The molecule has 9 nitrogen and oxygen atoms in total. The minimum absolute atomic E-state index is 0.152. The van der Waals surface area contributed by atoms with Gasteiger partial charge in [0.05, 0.1) is 24.8 Å². The Labute approximate surface area is 176 Å². The number of carbonyl (C=O) groups is 1. The maximum atomic E-state index is 11.4. The smallest absolute Gasteiger partial charge is 0.307 e. The van der Waals surface area contributed by atoms with Crippen molar-refractivity contribution in [3.8, 4) is 0 Å². The lowest BCUT2D eigenvalue weighted by atomic mass is 9.87. The second-order valence-corrected chi connectivity index (χ2v) is 7.45. The molecule has 0 amide bonds. The van der Waals surface area contributed by atoms with Gasteiger partial charge in [0.15, 0.2) is 0 Å². The van der Waals surface area contributed by atoms with E-state index in [-0.39, 0.29) is 18.5 Å². The molecule has 0 radical (unpaired) electrons. The summed E-state index contributed by atoms with van der Waals surface area (Å²) >= 11 is 0. The highest BCUT2D eigenvalue weighted by Gasteiger charge is 2.20. The first-order valence-electron chi connectivity index (χ1n) is 10.4. The lowest BCUT2D eigenvalue weighted by Gasteiger charge is -2.25. The number of aliphatic imine (C=N–C) groups is 1. The van der Waals surface area contributed by atoms with Crippen molar-refractivity contribution in [1.82, 2.24) is 14.5 Å². The summed E-state index contributed by atoms with van der Waals surface area (Å²) in [5.41, 5.74) is 7.07. The molecule has 2 heterocycles. The van der Waals surface area contributed by atoms with Crippen LogP contribution in [0.5, 0.6) is 0 Å². The van der Waals surface area contributed by atoms with Crippen molar-refractivity contribution < 1.29 is 14.6 Å². The third-order valence-corrected chi connectivity index (χ3v) is 5.19. The molecular weight excluding hydrogens is 384 g/mol. The van der Waals surface area contributed by atoms with Crippen molar-refractivity contribution in [1.29, 1.82) is 0 Å². The Hall–Kier alpha value is -2.94. The van der Waals surface area contributed by atoms with E-state index in [9.17, 15) is 9.90 Å². The molecule has 0 unspecified atom stereocenters. The number of carbonyl (C=O) groups excluding carboxylic acids is 1. The van der Waals surface area contributed by atoms with Crippen LogP contribution < -0.4 is 11.1 Å². The van der Waals surface area contributed by atoms with Gasteiger partial charge >= 0.3 is 5.97 Å². The zero-order valence-electron chi connectivity index (χ0n) is 17.3. The number of anilines is 1. The van der Waals surface area contributed by atoms with Crippen LogP contribution in [0.3, 0.4) is 0 Å². The van der Waals surface area contributed by atoms with Gasteiger partial charge in [-0.25, -0.2) is 4.98 Å². The predicted molar refractivity (Wildman–Crippen MR) is 116 cm³/mol. The summed E-state index contributed by atoms with van der Waals surface area (Å²) in [5.74, 6) is 0.694. The number of hydrogen-bond acceptors (Lipinski definition) is 8. The molecule has 0 atom stereocenters. The van der Waals surface area contributed by atoms with Crippen LogP contribution in [0.25, 0.3) is 11.0 Å². The van der Waals surface area contributed by atoms with Crippen LogP contribution >= 0.6 is 0 Å². The van der Waals surface area contributed by atoms with Gasteiger partial charge in [0.2, 0.25) is 5.95 Å². The largest absolute Gasteiger partial charge is 0.466 e. The zero-order chi connectivity index (χ0) is 21.3. The molecule has 4 N–H and O–H groups in total. The summed E-state index contributed by atoms with van der Waals surface area (Å²) in [7, 11) is 0. The van der Waals surface area contributed by atoms with Crippen LogP contribution in [-0.4, -0.2) is 51.1 Å². The second-order valence-electron chi connectivity index (χ2n) is 7.45. The topological polar surface area (TPSA) is 128 Å². The molecule has 0 aromatic carbocycles. The van der Waals surface area contributed by atoms with E-state index in [4.69, 9.17) is 10.5 Å². The average Bonchev–Trinajstić information content (AvgIpc) is 3.14. The van der Waals surface area contributed by atoms with Crippen molar-refractivity contribution in [3.63, 3.8) is 0 Å². The fraction of sp³-hybridized carbons (Fsp3) is 0.524. The molecule has 0 saturated heterocycles. The van der Waals surface area contributed by atoms with Crippen molar-refractivity contribution in [3.05, 3.63) is 30.4 Å². The highest BCUT2D eigenvalue weighted by atomic mass is 16.5. The van der Waals surface area contributed by atoms with Crippen LogP contribution in [0, 0.1) is 5.92 Å². The van der Waals surface area contributed by atoms with Gasteiger partial charge in [-0.05, 0) is 44.6 Å². The Morgan fingerprint density at radius 2 is 2.23 bits per heavy atom. The van der Waals surface area contributed by atoms with Crippen LogP contribution in [0.4, 0.5) is 5.95 Å². The molecule has 2 aromatic heterocycles. The van der Waals surface area contributed by atoms with Crippen molar-refractivity contribution >= 4 is 29.2 Å². The van der Waals surface area contributed by atoms with Gasteiger partial charge in [-0.2, -0.15) is 4.98 Å². The number of esters is 1. The fourth-order valence-corrected chi connectivity index (χ4v) is 3.58. The Kier molecular flexibility index (Phi) is 7.78. The minimum Gasteiger partial charge on any atom is -0.466 e. The van der Waals surface area contributed by atoms with Gasteiger partial charge in [0.25, 0.3) is 0 Å². The van der Waals surface area contributed by atoms with Crippen molar-refractivity contribution in [2.24, 2.45) is 16.6 Å². The normalized spacial score (nSPS) is 20.0. The van der Waals surface area contributed by atoms with Crippen molar-refractivity contribution in [2.75, 3.05) is 18.5 Å². The maximum Gasteiger partial charge on any atom is 0.307 e. The monoisotopic (exact) mass is 414 g/mol. The summed E-state index contributed by atoms with van der Waals surface area (Å²) < 4.78 is 7.02. The molecule has 0 spiro atoms. The molecule has 30 heavy (non-hydrogen) atoms. The summed E-state index contributed by atoms with van der Waals surface area (Å²) in [5, 5.41) is 13.7. The first-order valence-corrected chi connectivity index (χ1v) is 10.4. The molecule has 0 aliphatic heterocycles. The molecule has 162 valence electrons. The first-order chi connectivity index (χ1) is 14.6. The summed E-state index contributed by atoms with van der Waals surface area (Å²) in [6, 6.07) is 2.01. The van der Waals surface area contributed by atoms with Crippen LogP contribution in [0.1, 0.15) is 39.0 Å². The predicted octanol–water partition coefficient (Wildman–Crippen LogP) is 2.22. The van der Waals surface area contributed by atoms with Crippen LogP contribution in [0.15, 0.2) is 35.3 Å². The van der Waals surface area contributed by atoms with E-state index in [1.165, 1.54) is 6.20 Å². The molecule has 0 bridgehead atoms. The number of aliphatic hydroxyl groups is 1. The number of nitrogens with zero attached hydrogens (tertiary/aromatic N) is 4. The Balaban J connectivity index is 1.62. The fourth-order valence-electron chi connectivity index (χ4n) is 3.58. The van der Waals surface area contributed by atoms with Gasteiger partial charge in [0, 0.05) is 43.3 Å². The van der Waals surface area contributed by atoms with E-state index in [1.807, 2.05) is 12.3 Å². The SMILES string of the molecule is CCOC(=O)CCN=CC(=CN)Nc1ncc2ccn(CC3CCC(O)CC3)c2n1.